The Hall–Kier alpha value is -0.120. The Kier molecular flexibility index (Phi) is 4.62. The van der Waals surface area contributed by atoms with Crippen LogP contribution >= 0.6 is 0 Å². The third-order valence-corrected chi connectivity index (χ3v) is 3.98. The summed E-state index contributed by atoms with van der Waals surface area (Å²) >= 11 is 0. The molecule has 0 radical (unpaired) electrons. The van der Waals surface area contributed by atoms with Crippen LogP contribution in [0, 0.1) is 5.92 Å². The van der Waals surface area contributed by atoms with Gasteiger partial charge in [-0.25, -0.2) is 0 Å². The highest BCUT2D eigenvalue weighted by atomic mass is 16.5. The van der Waals surface area contributed by atoms with Crippen LogP contribution in [0.5, 0.6) is 0 Å². The van der Waals surface area contributed by atoms with Crippen molar-refractivity contribution in [3.8, 4) is 0 Å². The topological polar surface area (TPSA) is 24.5 Å². The number of hydrogen-bond donors (Lipinski definition) is 1. The van der Waals surface area contributed by atoms with Gasteiger partial charge < -0.3 is 15.0 Å². The lowest BCUT2D eigenvalue weighted by Crippen LogP contribution is -2.50. The lowest BCUT2D eigenvalue weighted by atomic mass is 9.78. The Balaban J connectivity index is 1.59. The van der Waals surface area contributed by atoms with E-state index in [4.69, 9.17) is 4.74 Å². The second-order valence-electron chi connectivity index (χ2n) is 5.26. The standard InChI is InChI=1S/C13H26N2O/c1-3-16-9-8-15(2)13-7-4-11(13)10-14-12-5-6-12/h11-14H,3-10H2,1-2H3. The van der Waals surface area contributed by atoms with Gasteiger partial charge in [-0.2, -0.15) is 0 Å². The zero-order valence-corrected chi connectivity index (χ0v) is 10.7. The molecule has 2 unspecified atom stereocenters. The summed E-state index contributed by atoms with van der Waals surface area (Å²) in [6.45, 7) is 6.09. The van der Waals surface area contributed by atoms with Crippen LogP contribution in [0.2, 0.25) is 0 Å². The van der Waals surface area contributed by atoms with Gasteiger partial charge in [0, 0.05) is 25.2 Å². The molecule has 1 N–H and O–H groups in total. The molecule has 0 aromatic heterocycles. The van der Waals surface area contributed by atoms with E-state index in [1.807, 2.05) is 0 Å². The first kappa shape index (κ1) is 12.3. The van der Waals surface area contributed by atoms with E-state index >= 15 is 0 Å². The van der Waals surface area contributed by atoms with Crippen molar-refractivity contribution in [2.24, 2.45) is 5.92 Å². The molecule has 0 bridgehead atoms. The van der Waals surface area contributed by atoms with Gasteiger partial charge >= 0.3 is 0 Å². The summed E-state index contributed by atoms with van der Waals surface area (Å²) in [5.41, 5.74) is 0. The van der Waals surface area contributed by atoms with Crippen molar-refractivity contribution < 1.29 is 4.74 Å². The van der Waals surface area contributed by atoms with E-state index in [1.165, 1.54) is 32.2 Å². The lowest BCUT2D eigenvalue weighted by Gasteiger charge is -2.43. The van der Waals surface area contributed by atoms with Crippen molar-refractivity contribution >= 4 is 0 Å². The molecule has 0 spiro atoms. The molecule has 16 heavy (non-hydrogen) atoms. The fraction of sp³-hybridized carbons (Fsp3) is 1.00. The number of rotatable bonds is 8. The predicted octanol–water partition coefficient (Wildman–Crippen LogP) is 1.49. The van der Waals surface area contributed by atoms with Gasteiger partial charge in [-0.1, -0.05) is 0 Å². The molecule has 94 valence electrons. The van der Waals surface area contributed by atoms with Crippen LogP contribution in [0.25, 0.3) is 0 Å². The van der Waals surface area contributed by atoms with Crippen molar-refractivity contribution in [1.29, 1.82) is 0 Å². The molecular formula is C13H26N2O. The molecule has 3 nitrogen and oxygen atoms in total. The summed E-state index contributed by atoms with van der Waals surface area (Å²) in [4.78, 5) is 2.48. The summed E-state index contributed by atoms with van der Waals surface area (Å²) in [6.07, 6.45) is 5.58. The molecule has 0 saturated heterocycles. The highest BCUT2D eigenvalue weighted by molar-refractivity contribution is 4.91. The SMILES string of the molecule is CCOCCN(C)C1CCC1CNC1CC1. The molecule has 0 heterocycles. The maximum absolute atomic E-state index is 5.41. The van der Waals surface area contributed by atoms with E-state index in [2.05, 4.69) is 24.2 Å². The number of likely N-dealkylation sites (N-methyl/N-ethyl adjacent to an activating group) is 1. The van der Waals surface area contributed by atoms with Crippen LogP contribution in [0.1, 0.15) is 32.6 Å². The van der Waals surface area contributed by atoms with E-state index in [0.717, 1.165) is 37.8 Å². The summed E-state index contributed by atoms with van der Waals surface area (Å²) in [5.74, 6) is 0.882. The van der Waals surface area contributed by atoms with Crippen molar-refractivity contribution in [1.82, 2.24) is 10.2 Å². The van der Waals surface area contributed by atoms with E-state index < -0.39 is 0 Å². The molecule has 2 atom stereocenters. The van der Waals surface area contributed by atoms with Gasteiger partial charge in [0.15, 0.2) is 0 Å². The number of ether oxygens (including phenoxy) is 1. The lowest BCUT2D eigenvalue weighted by molar-refractivity contribution is 0.0498. The summed E-state index contributed by atoms with van der Waals surface area (Å²) in [6, 6.07) is 1.65. The van der Waals surface area contributed by atoms with Gasteiger partial charge in [-0.3, -0.25) is 0 Å². The van der Waals surface area contributed by atoms with E-state index in [0.29, 0.717) is 0 Å². The maximum atomic E-state index is 5.41. The Morgan fingerprint density at radius 1 is 1.25 bits per heavy atom. The summed E-state index contributed by atoms with van der Waals surface area (Å²) in [5, 5.41) is 3.65. The van der Waals surface area contributed by atoms with E-state index in [1.54, 1.807) is 0 Å². The first-order valence-corrected chi connectivity index (χ1v) is 6.82. The zero-order valence-electron chi connectivity index (χ0n) is 10.7. The van der Waals surface area contributed by atoms with E-state index in [9.17, 15) is 0 Å². The van der Waals surface area contributed by atoms with Crippen molar-refractivity contribution in [2.75, 3.05) is 33.4 Å². The molecule has 2 aliphatic rings. The Bertz CT molecular complexity index is 206. The minimum absolute atomic E-state index is 0.798. The van der Waals surface area contributed by atoms with Crippen molar-refractivity contribution in [2.45, 2.75) is 44.7 Å². The maximum Gasteiger partial charge on any atom is 0.0593 e. The minimum atomic E-state index is 0.798. The molecule has 2 fully saturated rings. The van der Waals surface area contributed by atoms with Gasteiger partial charge in [0.2, 0.25) is 0 Å². The highest BCUT2D eigenvalue weighted by Gasteiger charge is 2.34. The Morgan fingerprint density at radius 2 is 2.06 bits per heavy atom. The van der Waals surface area contributed by atoms with Crippen molar-refractivity contribution in [3.63, 3.8) is 0 Å². The number of nitrogens with one attached hydrogen (secondary N) is 1. The van der Waals surface area contributed by atoms with Crippen LogP contribution in [0.4, 0.5) is 0 Å². The second-order valence-corrected chi connectivity index (χ2v) is 5.26. The minimum Gasteiger partial charge on any atom is -0.380 e. The van der Waals surface area contributed by atoms with Crippen LogP contribution < -0.4 is 5.32 Å². The fourth-order valence-corrected chi connectivity index (χ4v) is 2.49. The Morgan fingerprint density at radius 3 is 2.62 bits per heavy atom. The largest absolute Gasteiger partial charge is 0.380 e. The van der Waals surface area contributed by atoms with Crippen LogP contribution in [-0.4, -0.2) is 50.3 Å². The third kappa shape index (κ3) is 3.44. The van der Waals surface area contributed by atoms with Gasteiger partial charge in [0.25, 0.3) is 0 Å². The number of nitrogens with zero attached hydrogens (tertiary/aromatic N) is 1. The fourth-order valence-electron chi connectivity index (χ4n) is 2.49. The van der Waals surface area contributed by atoms with Gasteiger partial charge in [0.05, 0.1) is 6.61 Å². The summed E-state index contributed by atoms with van der Waals surface area (Å²) in [7, 11) is 2.24. The normalized spacial score (nSPS) is 29.4. The predicted molar refractivity (Wildman–Crippen MR) is 66.7 cm³/mol. The first-order valence-electron chi connectivity index (χ1n) is 6.82. The highest BCUT2D eigenvalue weighted by Crippen LogP contribution is 2.31. The van der Waals surface area contributed by atoms with Gasteiger partial charge in [0.1, 0.15) is 0 Å². The molecule has 0 amide bonds. The molecular weight excluding hydrogens is 200 g/mol. The van der Waals surface area contributed by atoms with E-state index in [-0.39, 0.29) is 0 Å². The third-order valence-electron chi connectivity index (χ3n) is 3.98. The number of hydrogen-bond acceptors (Lipinski definition) is 3. The van der Waals surface area contributed by atoms with Gasteiger partial charge in [-0.05, 0) is 52.1 Å². The molecule has 0 aromatic carbocycles. The molecule has 0 aliphatic heterocycles. The van der Waals surface area contributed by atoms with Crippen LogP contribution in [0.3, 0.4) is 0 Å². The molecule has 0 aromatic rings. The molecule has 2 saturated carbocycles. The first-order chi connectivity index (χ1) is 7.81. The van der Waals surface area contributed by atoms with Crippen LogP contribution in [0.15, 0.2) is 0 Å². The zero-order chi connectivity index (χ0) is 11.4. The quantitative estimate of drug-likeness (QED) is 0.635. The second kappa shape index (κ2) is 5.99. The van der Waals surface area contributed by atoms with Crippen LogP contribution in [-0.2, 0) is 4.74 Å². The van der Waals surface area contributed by atoms with Crippen molar-refractivity contribution in [3.05, 3.63) is 0 Å². The summed E-state index contributed by atoms with van der Waals surface area (Å²) < 4.78 is 5.41. The molecule has 2 rings (SSSR count). The average molecular weight is 226 g/mol. The monoisotopic (exact) mass is 226 g/mol. The Labute approximate surface area is 99.5 Å². The molecule has 3 heteroatoms. The smallest absolute Gasteiger partial charge is 0.0593 e. The van der Waals surface area contributed by atoms with Gasteiger partial charge in [-0.15, -0.1) is 0 Å². The average Bonchev–Trinajstić information content (AvgIpc) is 3.00. The molecule has 2 aliphatic carbocycles.